The number of unbranched alkanes of at least 4 members (excludes halogenated alkanes) is 2. The van der Waals surface area contributed by atoms with Crippen LogP contribution in [0.2, 0.25) is 0 Å². The van der Waals surface area contributed by atoms with Crippen molar-refractivity contribution in [2.24, 2.45) is 5.92 Å². The number of likely N-dealkylation sites (tertiary alicyclic amines) is 1. The van der Waals surface area contributed by atoms with Gasteiger partial charge in [0.15, 0.2) is 0 Å². The predicted octanol–water partition coefficient (Wildman–Crippen LogP) is 1.79. The second-order valence-electron chi connectivity index (χ2n) is 6.05. The van der Waals surface area contributed by atoms with E-state index in [9.17, 15) is 9.59 Å². The van der Waals surface area contributed by atoms with Crippen LogP contribution in [0, 0.1) is 5.92 Å². The Hall–Kier alpha value is -1.36. The summed E-state index contributed by atoms with van der Waals surface area (Å²) in [5.74, 6) is 0.960. The molecule has 0 spiro atoms. The van der Waals surface area contributed by atoms with E-state index < -0.39 is 0 Å². The molecule has 0 aliphatic carbocycles. The zero-order valence-corrected chi connectivity index (χ0v) is 12.9. The number of rotatable bonds is 6. The van der Waals surface area contributed by atoms with Gasteiger partial charge in [0.25, 0.3) is 0 Å². The second kappa shape index (κ2) is 8.17. The van der Waals surface area contributed by atoms with E-state index in [0.717, 1.165) is 38.8 Å². The van der Waals surface area contributed by atoms with Gasteiger partial charge in [0.2, 0.25) is 11.8 Å². The van der Waals surface area contributed by atoms with E-state index in [4.69, 9.17) is 4.74 Å². The molecule has 2 amide bonds. The van der Waals surface area contributed by atoms with Gasteiger partial charge < -0.3 is 14.5 Å². The van der Waals surface area contributed by atoms with Gasteiger partial charge in [-0.1, -0.05) is 19.4 Å². The van der Waals surface area contributed by atoms with Crippen LogP contribution in [0.5, 0.6) is 0 Å². The average molecular weight is 294 g/mol. The highest BCUT2D eigenvalue weighted by Crippen LogP contribution is 2.16. The molecule has 1 saturated heterocycles. The van der Waals surface area contributed by atoms with Crippen molar-refractivity contribution in [1.29, 1.82) is 0 Å². The van der Waals surface area contributed by atoms with Crippen LogP contribution in [0.1, 0.15) is 39.0 Å². The molecule has 2 aliphatic heterocycles. The van der Waals surface area contributed by atoms with Crippen molar-refractivity contribution in [2.45, 2.75) is 39.0 Å². The number of hydrogen-bond donors (Lipinski definition) is 0. The van der Waals surface area contributed by atoms with Crippen LogP contribution in [-0.4, -0.2) is 54.6 Å². The molecular weight excluding hydrogens is 268 g/mol. The number of hydrogen-bond acceptors (Lipinski definition) is 3. The highest BCUT2D eigenvalue weighted by atomic mass is 16.5. The van der Waals surface area contributed by atoms with E-state index in [-0.39, 0.29) is 11.8 Å². The molecule has 2 aliphatic rings. The standard InChI is InChI=1S/C16H26N2O3/c1-14-8-10-17(12-14)15(19)6-3-2-4-9-18-13-21-11-5-7-16(18)20/h5,7,14H,2-4,6,8-13H2,1H3. The zero-order valence-electron chi connectivity index (χ0n) is 12.9. The molecule has 0 bridgehead atoms. The lowest BCUT2D eigenvalue weighted by atomic mass is 10.1. The van der Waals surface area contributed by atoms with Crippen LogP contribution >= 0.6 is 0 Å². The summed E-state index contributed by atoms with van der Waals surface area (Å²) in [7, 11) is 0. The van der Waals surface area contributed by atoms with Crippen molar-refractivity contribution in [2.75, 3.05) is 33.0 Å². The maximum atomic E-state index is 12.0. The highest BCUT2D eigenvalue weighted by Gasteiger charge is 2.22. The van der Waals surface area contributed by atoms with Crippen LogP contribution in [0.15, 0.2) is 12.2 Å². The van der Waals surface area contributed by atoms with E-state index in [0.29, 0.717) is 32.2 Å². The Balaban J connectivity index is 1.56. The molecule has 0 N–H and O–H groups in total. The van der Waals surface area contributed by atoms with Gasteiger partial charge in [-0.15, -0.1) is 0 Å². The molecule has 1 atom stereocenters. The smallest absolute Gasteiger partial charge is 0.248 e. The van der Waals surface area contributed by atoms with E-state index in [1.165, 1.54) is 0 Å². The van der Waals surface area contributed by atoms with Gasteiger partial charge in [0, 0.05) is 32.1 Å². The van der Waals surface area contributed by atoms with Gasteiger partial charge in [-0.05, 0) is 25.2 Å². The normalized spacial score (nSPS) is 22.7. The SMILES string of the molecule is CC1CCN(C(=O)CCCCCN2COCC=CC2=O)C1. The Morgan fingerprint density at radius 1 is 1.38 bits per heavy atom. The van der Waals surface area contributed by atoms with Crippen molar-refractivity contribution >= 4 is 11.8 Å². The maximum absolute atomic E-state index is 12.0. The predicted molar refractivity (Wildman–Crippen MR) is 80.5 cm³/mol. The van der Waals surface area contributed by atoms with E-state index in [2.05, 4.69) is 6.92 Å². The van der Waals surface area contributed by atoms with E-state index in [1.54, 1.807) is 17.1 Å². The molecule has 0 aromatic carbocycles. The first-order valence-corrected chi connectivity index (χ1v) is 7.98. The minimum Gasteiger partial charge on any atom is -0.357 e. The molecule has 0 radical (unpaired) electrons. The van der Waals surface area contributed by atoms with Gasteiger partial charge in [-0.3, -0.25) is 9.59 Å². The van der Waals surface area contributed by atoms with Crippen LogP contribution in [0.3, 0.4) is 0 Å². The van der Waals surface area contributed by atoms with Crippen LogP contribution in [-0.2, 0) is 14.3 Å². The van der Waals surface area contributed by atoms with Gasteiger partial charge in [0.05, 0.1) is 6.61 Å². The summed E-state index contributed by atoms with van der Waals surface area (Å²) in [5.41, 5.74) is 0. The van der Waals surface area contributed by atoms with Crippen LogP contribution < -0.4 is 0 Å². The first kappa shape index (κ1) is 16.0. The van der Waals surface area contributed by atoms with Gasteiger partial charge in [-0.25, -0.2) is 0 Å². The number of carbonyl (C=O) groups excluding carboxylic acids is 2. The Morgan fingerprint density at radius 2 is 2.24 bits per heavy atom. The summed E-state index contributed by atoms with van der Waals surface area (Å²) in [6.07, 6.45) is 7.90. The highest BCUT2D eigenvalue weighted by molar-refractivity contribution is 5.87. The third kappa shape index (κ3) is 5.16. The van der Waals surface area contributed by atoms with Crippen molar-refractivity contribution in [3.05, 3.63) is 12.2 Å². The first-order valence-electron chi connectivity index (χ1n) is 7.98. The lowest BCUT2D eigenvalue weighted by Crippen LogP contribution is -2.31. The minimum absolute atomic E-state index is 0.0228. The van der Waals surface area contributed by atoms with E-state index in [1.807, 2.05) is 4.90 Å². The molecule has 21 heavy (non-hydrogen) atoms. The quantitative estimate of drug-likeness (QED) is 0.702. The maximum Gasteiger partial charge on any atom is 0.248 e. The minimum atomic E-state index is 0.0228. The zero-order chi connectivity index (χ0) is 15.1. The number of nitrogens with zero attached hydrogens (tertiary/aromatic N) is 2. The molecule has 5 heteroatoms. The van der Waals surface area contributed by atoms with Crippen LogP contribution in [0.25, 0.3) is 0 Å². The Kier molecular flexibility index (Phi) is 6.23. The summed E-state index contributed by atoms with van der Waals surface area (Å²) in [6, 6.07) is 0. The Morgan fingerprint density at radius 3 is 3.00 bits per heavy atom. The third-order valence-electron chi connectivity index (χ3n) is 4.13. The number of amides is 2. The lowest BCUT2D eigenvalue weighted by molar-refractivity contribution is -0.131. The van der Waals surface area contributed by atoms with Crippen molar-refractivity contribution < 1.29 is 14.3 Å². The van der Waals surface area contributed by atoms with Crippen molar-refractivity contribution in [3.63, 3.8) is 0 Å². The van der Waals surface area contributed by atoms with Gasteiger partial charge in [-0.2, -0.15) is 0 Å². The first-order chi connectivity index (χ1) is 10.2. The topological polar surface area (TPSA) is 49.9 Å². The molecule has 0 aromatic rings. The summed E-state index contributed by atoms with van der Waals surface area (Å²) < 4.78 is 5.31. The molecule has 0 aromatic heterocycles. The third-order valence-corrected chi connectivity index (χ3v) is 4.13. The van der Waals surface area contributed by atoms with Crippen molar-refractivity contribution in [3.8, 4) is 0 Å². The lowest BCUT2D eigenvalue weighted by Gasteiger charge is -2.19. The fourth-order valence-corrected chi connectivity index (χ4v) is 2.80. The Labute approximate surface area is 126 Å². The second-order valence-corrected chi connectivity index (χ2v) is 6.05. The van der Waals surface area contributed by atoms with Crippen LogP contribution in [0.4, 0.5) is 0 Å². The van der Waals surface area contributed by atoms with Gasteiger partial charge in [0.1, 0.15) is 6.73 Å². The number of ether oxygens (including phenoxy) is 1. The molecular formula is C16H26N2O3. The summed E-state index contributed by atoms with van der Waals surface area (Å²) in [5, 5.41) is 0. The fourth-order valence-electron chi connectivity index (χ4n) is 2.80. The van der Waals surface area contributed by atoms with E-state index >= 15 is 0 Å². The molecule has 2 rings (SSSR count). The summed E-state index contributed by atoms with van der Waals surface area (Å²) in [6.45, 7) is 5.62. The average Bonchev–Trinajstić information content (AvgIpc) is 2.80. The monoisotopic (exact) mass is 294 g/mol. The largest absolute Gasteiger partial charge is 0.357 e. The molecule has 1 fully saturated rings. The molecule has 0 saturated carbocycles. The molecule has 1 unspecified atom stereocenters. The summed E-state index contributed by atoms with van der Waals surface area (Å²) >= 11 is 0. The fraction of sp³-hybridized carbons (Fsp3) is 0.750. The summed E-state index contributed by atoms with van der Waals surface area (Å²) in [4.78, 5) is 27.4. The number of carbonyl (C=O) groups is 2. The van der Waals surface area contributed by atoms with Crippen molar-refractivity contribution in [1.82, 2.24) is 9.80 Å². The molecule has 118 valence electrons. The Bertz CT molecular complexity index is 395. The van der Waals surface area contributed by atoms with Gasteiger partial charge >= 0.3 is 0 Å². The molecule has 2 heterocycles. The molecule has 5 nitrogen and oxygen atoms in total.